The summed E-state index contributed by atoms with van der Waals surface area (Å²) in [6, 6.07) is 9.24. The molecule has 0 bridgehead atoms. The smallest absolute Gasteiger partial charge is 0.269 e. The van der Waals surface area contributed by atoms with Gasteiger partial charge in [-0.1, -0.05) is 19.1 Å². The number of carbonyl (C=O) groups excluding carboxylic acids is 1. The van der Waals surface area contributed by atoms with Crippen molar-refractivity contribution in [2.75, 3.05) is 13.7 Å². The first-order valence-electron chi connectivity index (χ1n) is 9.29. The number of hydrogen-bond donors (Lipinski definition) is 1. The minimum atomic E-state index is -0.553. The Bertz CT molecular complexity index is 1040. The van der Waals surface area contributed by atoms with E-state index in [0.717, 1.165) is 12.0 Å². The van der Waals surface area contributed by atoms with Crippen molar-refractivity contribution < 1.29 is 14.3 Å². The van der Waals surface area contributed by atoms with Crippen molar-refractivity contribution >= 4 is 28.1 Å². The summed E-state index contributed by atoms with van der Waals surface area (Å²) in [5.41, 5.74) is 3.49. The lowest BCUT2D eigenvalue weighted by Crippen LogP contribution is -2.33. The zero-order valence-corrected chi connectivity index (χ0v) is 18.7. The molecule has 0 spiro atoms. The van der Waals surface area contributed by atoms with Crippen molar-refractivity contribution in [3.63, 3.8) is 0 Å². The topological polar surface area (TPSA) is 106 Å². The van der Waals surface area contributed by atoms with Crippen molar-refractivity contribution in [2.24, 2.45) is 5.10 Å². The van der Waals surface area contributed by atoms with Crippen LogP contribution in [0.4, 0.5) is 0 Å². The molecule has 0 saturated heterocycles. The monoisotopic (exact) mass is 474 g/mol. The van der Waals surface area contributed by atoms with Gasteiger partial charge in [-0.05, 0) is 41.4 Å². The van der Waals surface area contributed by atoms with Crippen molar-refractivity contribution in [1.82, 2.24) is 9.99 Å². The lowest BCUT2D eigenvalue weighted by Gasteiger charge is -2.15. The summed E-state index contributed by atoms with van der Waals surface area (Å²) in [4.78, 5) is 25.0. The maximum absolute atomic E-state index is 12.7. The van der Waals surface area contributed by atoms with Gasteiger partial charge in [0.05, 0.1) is 19.4 Å². The summed E-state index contributed by atoms with van der Waals surface area (Å²) in [6.07, 6.45) is 2.36. The first-order valence-corrected chi connectivity index (χ1v) is 10.1. The van der Waals surface area contributed by atoms with Crippen LogP contribution in [0.5, 0.6) is 5.75 Å². The fraction of sp³-hybridized carbons (Fsp3) is 0.333. The largest absolute Gasteiger partial charge is 0.493 e. The highest BCUT2D eigenvalue weighted by molar-refractivity contribution is 9.10. The molecule has 0 aliphatic heterocycles. The van der Waals surface area contributed by atoms with E-state index < -0.39 is 11.5 Å². The minimum absolute atomic E-state index is 0.0624. The van der Waals surface area contributed by atoms with Gasteiger partial charge in [0, 0.05) is 28.4 Å². The Labute approximate surface area is 183 Å². The van der Waals surface area contributed by atoms with Crippen molar-refractivity contribution in [2.45, 2.75) is 33.4 Å². The highest BCUT2D eigenvalue weighted by atomic mass is 79.9. The second-order valence-electron chi connectivity index (χ2n) is 6.37. The van der Waals surface area contributed by atoms with Crippen molar-refractivity contribution in [3.8, 4) is 11.8 Å². The molecule has 9 heteroatoms. The molecule has 2 aromatic rings. The normalized spacial score (nSPS) is 10.8. The molecule has 1 amide bonds. The Kier molecular flexibility index (Phi) is 8.77. The van der Waals surface area contributed by atoms with E-state index in [-0.39, 0.29) is 18.7 Å². The standard InChI is InChI=1S/C21H23BrN4O4/c1-4-9-30-18-8-6-5-7-15(18)11-24-25-19(27)12-26-14(2)20(22)17(13-29-3)16(10-23)21(26)28/h5-8,11H,4,9,12-13H2,1-3H3,(H,25,27)/b24-11+. The Morgan fingerprint density at radius 3 is 2.80 bits per heavy atom. The molecule has 1 aromatic carbocycles. The molecule has 0 aliphatic carbocycles. The van der Waals surface area contributed by atoms with Crippen LogP contribution in [0.25, 0.3) is 0 Å². The molecule has 1 N–H and O–H groups in total. The van der Waals surface area contributed by atoms with E-state index >= 15 is 0 Å². The van der Waals surface area contributed by atoms with Gasteiger partial charge in [0.1, 0.15) is 23.9 Å². The molecule has 0 unspecified atom stereocenters. The van der Waals surface area contributed by atoms with Crippen LogP contribution in [0.3, 0.4) is 0 Å². The van der Waals surface area contributed by atoms with E-state index in [2.05, 4.69) is 26.5 Å². The van der Waals surface area contributed by atoms with E-state index in [9.17, 15) is 14.9 Å². The number of benzene rings is 1. The van der Waals surface area contributed by atoms with Crippen LogP contribution in [0.1, 0.15) is 35.7 Å². The molecular formula is C21H23BrN4O4. The maximum Gasteiger partial charge on any atom is 0.269 e. The van der Waals surface area contributed by atoms with Crippen LogP contribution >= 0.6 is 15.9 Å². The Morgan fingerprint density at radius 2 is 2.13 bits per heavy atom. The zero-order valence-electron chi connectivity index (χ0n) is 17.1. The van der Waals surface area contributed by atoms with Gasteiger partial charge in [-0.2, -0.15) is 10.4 Å². The summed E-state index contributed by atoms with van der Waals surface area (Å²) in [5, 5.41) is 13.3. The number of nitrogens with one attached hydrogen (secondary N) is 1. The first-order chi connectivity index (χ1) is 14.4. The van der Waals surface area contributed by atoms with Gasteiger partial charge in [-0.15, -0.1) is 0 Å². The highest BCUT2D eigenvalue weighted by Crippen LogP contribution is 2.23. The van der Waals surface area contributed by atoms with E-state index in [0.29, 0.717) is 28.1 Å². The predicted molar refractivity (Wildman–Crippen MR) is 117 cm³/mol. The third-order valence-electron chi connectivity index (χ3n) is 4.22. The third-order valence-corrected chi connectivity index (χ3v) is 5.28. The molecule has 1 heterocycles. The highest BCUT2D eigenvalue weighted by Gasteiger charge is 2.19. The van der Waals surface area contributed by atoms with Crippen molar-refractivity contribution in [3.05, 3.63) is 61.5 Å². The summed E-state index contributed by atoms with van der Waals surface area (Å²) >= 11 is 3.39. The lowest BCUT2D eigenvalue weighted by atomic mass is 10.1. The average Bonchev–Trinajstić information content (AvgIpc) is 2.74. The maximum atomic E-state index is 12.7. The second kappa shape index (κ2) is 11.3. The number of para-hydroxylation sites is 1. The third kappa shape index (κ3) is 5.55. The van der Waals surface area contributed by atoms with Crippen LogP contribution in [0.15, 0.2) is 38.6 Å². The summed E-state index contributed by atoms with van der Waals surface area (Å²) in [5.74, 6) is 0.166. The van der Waals surface area contributed by atoms with E-state index in [1.165, 1.54) is 17.9 Å². The van der Waals surface area contributed by atoms with Crippen LogP contribution in [-0.2, 0) is 22.7 Å². The first kappa shape index (κ1) is 23.3. The van der Waals surface area contributed by atoms with E-state index in [1.807, 2.05) is 37.3 Å². The number of pyridine rings is 1. The van der Waals surface area contributed by atoms with Crippen molar-refractivity contribution in [1.29, 1.82) is 5.26 Å². The molecule has 8 nitrogen and oxygen atoms in total. The number of nitrogens with zero attached hydrogens (tertiary/aromatic N) is 3. The van der Waals surface area contributed by atoms with Crippen LogP contribution in [-0.4, -0.2) is 30.4 Å². The van der Waals surface area contributed by atoms with Gasteiger partial charge in [0.15, 0.2) is 0 Å². The average molecular weight is 475 g/mol. The lowest BCUT2D eigenvalue weighted by molar-refractivity contribution is -0.121. The number of aromatic nitrogens is 1. The van der Waals surface area contributed by atoms with E-state index in [4.69, 9.17) is 9.47 Å². The number of methoxy groups -OCH3 is 1. The molecular weight excluding hydrogens is 452 g/mol. The van der Waals surface area contributed by atoms with Gasteiger partial charge in [-0.3, -0.25) is 9.59 Å². The summed E-state index contributed by atoms with van der Waals surface area (Å²) in [7, 11) is 1.48. The number of nitriles is 1. The molecule has 30 heavy (non-hydrogen) atoms. The van der Waals surface area contributed by atoms with Crippen LogP contribution in [0.2, 0.25) is 0 Å². The van der Waals surface area contributed by atoms with Gasteiger partial charge in [0.25, 0.3) is 11.5 Å². The molecule has 0 fully saturated rings. The van der Waals surface area contributed by atoms with E-state index in [1.54, 1.807) is 6.92 Å². The SMILES string of the molecule is CCCOc1ccccc1/C=N/NC(=O)Cn1c(C)c(Br)c(COC)c(C#N)c1=O. The number of ether oxygens (including phenoxy) is 2. The number of carbonyl (C=O) groups is 1. The predicted octanol–water partition coefficient (Wildman–Crippen LogP) is 2.88. The molecule has 0 aliphatic rings. The zero-order chi connectivity index (χ0) is 22.1. The molecule has 0 saturated carbocycles. The molecule has 158 valence electrons. The number of halogens is 1. The molecule has 2 rings (SSSR count). The minimum Gasteiger partial charge on any atom is -0.493 e. The quantitative estimate of drug-likeness (QED) is 0.444. The number of hydrazone groups is 1. The van der Waals surface area contributed by atoms with Crippen LogP contribution < -0.4 is 15.7 Å². The van der Waals surface area contributed by atoms with Gasteiger partial charge < -0.3 is 14.0 Å². The van der Waals surface area contributed by atoms with Gasteiger partial charge >= 0.3 is 0 Å². The molecule has 0 radical (unpaired) electrons. The Balaban J connectivity index is 2.18. The van der Waals surface area contributed by atoms with Gasteiger partial charge in [0.2, 0.25) is 0 Å². The molecule has 1 aromatic heterocycles. The number of hydrogen-bond acceptors (Lipinski definition) is 6. The summed E-state index contributed by atoms with van der Waals surface area (Å²) in [6.45, 7) is 4.10. The Morgan fingerprint density at radius 1 is 1.40 bits per heavy atom. The fourth-order valence-corrected chi connectivity index (χ4v) is 3.26. The van der Waals surface area contributed by atoms with Gasteiger partial charge in [-0.25, -0.2) is 5.43 Å². The molecule has 0 atom stereocenters. The number of amides is 1. The summed E-state index contributed by atoms with van der Waals surface area (Å²) < 4.78 is 12.5. The fourth-order valence-electron chi connectivity index (χ4n) is 2.73. The van der Waals surface area contributed by atoms with Crippen LogP contribution in [0, 0.1) is 18.3 Å². The number of rotatable bonds is 9. The second-order valence-corrected chi connectivity index (χ2v) is 7.16. The Hall–Kier alpha value is -2.96.